The summed E-state index contributed by atoms with van der Waals surface area (Å²) >= 11 is 0. The molecule has 3 aromatic carbocycles. The Morgan fingerprint density at radius 3 is 2.48 bits per heavy atom. The van der Waals surface area contributed by atoms with Crippen molar-refractivity contribution >= 4 is 23.5 Å². The second-order valence-corrected chi connectivity index (χ2v) is 11.4. The van der Waals surface area contributed by atoms with Gasteiger partial charge in [-0.25, -0.2) is 9.07 Å². The number of fused-ring (bicyclic) bond motifs is 1. The number of phenolic OH excluding ortho intramolecular Hbond substituents is 1. The van der Waals surface area contributed by atoms with Crippen LogP contribution in [0.25, 0.3) is 5.69 Å². The smallest absolute Gasteiger partial charge is 0.416 e. The number of hydrogen-bond donors (Lipinski definition) is 2. The summed E-state index contributed by atoms with van der Waals surface area (Å²) in [7, 11) is 0. The number of aromatic nitrogens is 2. The number of benzene rings is 3. The number of likely N-dealkylation sites (tertiary alicyclic amines) is 1. The van der Waals surface area contributed by atoms with Crippen molar-refractivity contribution in [3.05, 3.63) is 107 Å². The number of likely N-dealkylation sites (N-methyl/N-ethyl adjacent to an activating group) is 1. The number of carbonyl (C=O) groups excluding carboxylic acids is 3. The van der Waals surface area contributed by atoms with Crippen molar-refractivity contribution in [3.8, 4) is 17.5 Å². The number of phenols is 1. The second-order valence-electron chi connectivity index (χ2n) is 11.4. The van der Waals surface area contributed by atoms with Crippen LogP contribution in [-0.2, 0) is 11.0 Å². The van der Waals surface area contributed by atoms with Crippen molar-refractivity contribution in [2.75, 3.05) is 18.0 Å². The Balaban J connectivity index is 1.58. The van der Waals surface area contributed by atoms with E-state index in [1.807, 2.05) is 0 Å². The monoisotopic (exact) mass is 660 g/mol. The number of nitriles is 1. The number of nitrogens with one attached hydrogen (secondary N) is 1. The normalized spacial score (nSPS) is 19.2. The van der Waals surface area contributed by atoms with E-state index in [2.05, 4.69) is 16.5 Å². The number of amides is 3. The maximum Gasteiger partial charge on any atom is 0.416 e. The van der Waals surface area contributed by atoms with Crippen LogP contribution >= 0.6 is 0 Å². The molecule has 0 aliphatic carbocycles. The molecule has 1 fully saturated rings. The molecule has 4 aromatic rings. The fraction of sp³-hybridized carbons (Fsp3) is 0.265. The van der Waals surface area contributed by atoms with E-state index >= 15 is 0 Å². The summed E-state index contributed by atoms with van der Waals surface area (Å²) in [6.07, 6.45) is -3.72. The minimum Gasteiger partial charge on any atom is -0.508 e. The molecular weight excluding hydrogens is 632 g/mol. The van der Waals surface area contributed by atoms with Gasteiger partial charge in [-0.05, 0) is 67.8 Å². The van der Waals surface area contributed by atoms with Crippen LogP contribution in [0, 0.1) is 17.1 Å². The molecule has 14 heteroatoms. The zero-order valence-electron chi connectivity index (χ0n) is 25.4. The average molecular weight is 661 g/mol. The molecule has 10 nitrogen and oxygen atoms in total. The number of anilines is 1. The molecule has 0 saturated carbocycles. The summed E-state index contributed by atoms with van der Waals surface area (Å²) in [4.78, 5) is 44.9. The first kappa shape index (κ1) is 32.2. The van der Waals surface area contributed by atoms with Crippen LogP contribution in [0.15, 0.2) is 72.8 Å². The van der Waals surface area contributed by atoms with Gasteiger partial charge in [-0.15, -0.1) is 0 Å². The van der Waals surface area contributed by atoms with E-state index in [1.165, 1.54) is 44.8 Å². The van der Waals surface area contributed by atoms with Gasteiger partial charge in [0.05, 0.1) is 17.3 Å². The van der Waals surface area contributed by atoms with Gasteiger partial charge in [0.15, 0.2) is 5.69 Å². The standard InChI is InChI=1S/C34H28F4N6O4/c1-2-42-31-27(29(33(48)43-15-5-9-24(43)18-39)41-44(31)23-8-4-10-25(45)17-23)26(19-11-13-22(35)14-12-19)28(32(42)47)40-30(46)20-6-3-7-21(16-20)34(36,37)38/h3-4,6-8,10-14,16-17,24,26,28,45H,2,5,9,15H2,1H3,(H,40,46)/t24-,26-,28-/m0/s1. The average Bonchev–Trinajstić information content (AvgIpc) is 3.71. The molecule has 3 heterocycles. The third-order valence-electron chi connectivity index (χ3n) is 8.55. The molecule has 48 heavy (non-hydrogen) atoms. The maximum atomic E-state index is 14.4. The molecule has 2 N–H and O–H groups in total. The van der Waals surface area contributed by atoms with Crippen LogP contribution in [0.2, 0.25) is 0 Å². The first-order chi connectivity index (χ1) is 22.9. The molecule has 3 amide bonds. The minimum atomic E-state index is -4.73. The number of alkyl halides is 3. The quantitative estimate of drug-likeness (QED) is 0.275. The minimum absolute atomic E-state index is 0.0145. The lowest BCUT2D eigenvalue weighted by molar-refractivity contribution is -0.137. The van der Waals surface area contributed by atoms with Crippen molar-refractivity contribution < 1.29 is 37.1 Å². The lowest BCUT2D eigenvalue weighted by atomic mass is 9.80. The van der Waals surface area contributed by atoms with Gasteiger partial charge in [-0.2, -0.15) is 23.5 Å². The van der Waals surface area contributed by atoms with Gasteiger partial charge in [0, 0.05) is 36.2 Å². The van der Waals surface area contributed by atoms with Crippen molar-refractivity contribution in [1.29, 1.82) is 5.26 Å². The summed E-state index contributed by atoms with van der Waals surface area (Å²) in [5.74, 6) is -4.03. The van der Waals surface area contributed by atoms with Gasteiger partial charge >= 0.3 is 6.18 Å². The van der Waals surface area contributed by atoms with E-state index in [9.17, 15) is 42.3 Å². The Bertz CT molecular complexity index is 1950. The molecule has 246 valence electrons. The van der Waals surface area contributed by atoms with E-state index < -0.39 is 53.3 Å². The predicted molar refractivity (Wildman–Crippen MR) is 164 cm³/mol. The summed E-state index contributed by atoms with van der Waals surface area (Å²) < 4.78 is 56.0. The van der Waals surface area contributed by atoms with Crippen LogP contribution in [0.3, 0.4) is 0 Å². The number of rotatable bonds is 6. The van der Waals surface area contributed by atoms with Crippen molar-refractivity contribution in [2.24, 2.45) is 0 Å². The Labute approximate surface area is 271 Å². The molecular formula is C34H28F4N6O4. The molecule has 1 aromatic heterocycles. The first-order valence-corrected chi connectivity index (χ1v) is 15.1. The SMILES string of the molecule is CCN1C(=O)[C@@H](NC(=O)c2cccc(C(F)(F)F)c2)[C@@H](c2ccc(F)cc2)c2c(C(=O)N3CCC[C@H]3C#N)nn(-c3cccc(O)c3)c21. The van der Waals surface area contributed by atoms with E-state index in [4.69, 9.17) is 0 Å². The van der Waals surface area contributed by atoms with Gasteiger partial charge in [0.2, 0.25) is 0 Å². The number of hydrogen-bond acceptors (Lipinski definition) is 6. The molecule has 0 radical (unpaired) electrons. The van der Waals surface area contributed by atoms with Crippen molar-refractivity contribution in [2.45, 2.75) is 43.9 Å². The van der Waals surface area contributed by atoms with E-state index in [0.29, 0.717) is 30.2 Å². The molecule has 0 bridgehead atoms. The van der Waals surface area contributed by atoms with Crippen LogP contribution in [0.1, 0.15) is 63.2 Å². The summed E-state index contributed by atoms with van der Waals surface area (Å²) in [5.41, 5.74) is -0.790. The zero-order valence-corrected chi connectivity index (χ0v) is 25.4. The summed E-state index contributed by atoms with van der Waals surface area (Å²) in [6.45, 7) is 1.93. The number of halogens is 4. The van der Waals surface area contributed by atoms with E-state index in [0.717, 1.165) is 24.3 Å². The van der Waals surface area contributed by atoms with Crippen LogP contribution in [-0.4, -0.2) is 62.7 Å². The lowest BCUT2D eigenvalue weighted by Gasteiger charge is -2.38. The number of carbonyl (C=O) groups is 3. The largest absolute Gasteiger partial charge is 0.508 e. The number of aromatic hydroxyl groups is 1. The Hall–Kier alpha value is -5.71. The molecule has 3 atom stereocenters. The highest BCUT2D eigenvalue weighted by Gasteiger charge is 2.48. The van der Waals surface area contributed by atoms with Crippen LogP contribution in [0.5, 0.6) is 5.75 Å². The van der Waals surface area contributed by atoms with E-state index in [1.54, 1.807) is 19.1 Å². The van der Waals surface area contributed by atoms with E-state index in [-0.39, 0.29) is 41.5 Å². The summed E-state index contributed by atoms with van der Waals surface area (Å²) in [5, 5.41) is 27.3. The predicted octanol–water partition coefficient (Wildman–Crippen LogP) is 5.16. The maximum absolute atomic E-state index is 14.4. The zero-order chi connectivity index (χ0) is 34.3. The fourth-order valence-corrected chi connectivity index (χ4v) is 6.33. The van der Waals surface area contributed by atoms with Crippen LogP contribution in [0.4, 0.5) is 23.4 Å². The topological polar surface area (TPSA) is 132 Å². The fourth-order valence-electron chi connectivity index (χ4n) is 6.33. The second kappa shape index (κ2) is 12.5. The Kier molecular flexibility index (Phi) is 8.38. The molecule has 0 spiro atoms. The van der Waals surface area contributed by atoms with Crippen molar-refractivity contribution in [3.63, 3.8) is 0 Å². The highest BCUT2D eigenvalue weighted by atomic mass is 19.4. The molecule has 2 aliphatic heterocycles. The molecule has 6 rings (SSSR count). The Morgan fingerprint density at radius 2 is 1.81 bits per heavy atom. The van der Waals surface area contributed by atoms with Crippen LogP contribution < -0.4 is 10.2 Å². The van der Waals surface area contributed by atoms with Gasteiger partial charge in [-0.1, -0.05) is 24.3 Å². The van der Waals surface area contributed by atoms with Gasteiger partial charge < -0.3 is 15.3 Å². The highest BCUT2D eigenvalue weighted by molar-refractivity contribution is 6.07. The Morgan fingerprint density at radius 1 is 1.08 bits per heavy atom. The molecule has 2 aliphatic rings. The van der Waals surface area contributed by atoms with Gasteiger partial charge in [0.1, 0.15) is 29.5 Å². The number of nitrogens with zero attached hydrogens (tertiary/aromatic N) is 5. The van der Waals surface area contributed by atoms with Crippen molar-refractivity contribution in [1.82, 2.24) is 20.0 Å². The lowest BCUT2D eigenvalue weighted by Crippen LogP contribution is -2.55. The highest BCUT2D eigenvalue weighted by Crippen LogP contribution is 2.44. The first-order valence-electron chi connectivity index (χ1n) is 15.1. The third kappa shape index (κ3) is 5.72. The summed E-state index contributed by atoms with van der Waals surface area (Å²) in [6, 6.07) is 14.6. The molecule has 0 unspecified atom stereocenters. The van der Waals surface area contributed by atoms with Gasteiger partial charge in [0.25, 0.3) is 17.7 Å². The van der Waals surface area contributed by atoms with Gasteiger partial charge in [-0.3, -0.25) is 19.3 Å². The third-order valence-corrected chi connectivity index (χ3v) is 8.55. The molecule has 1 saturated heterocycles.